The molecule has 0 radical (unpaired) electrons. The molecule has 2 atom stereocenters. The van der Waals surface area contributed by atoms with Crippen molar-refractivity contribution in [1.82, 2.24) is 14.9 Å². The van der Waals surface area contributed by atoms with Crippen molar-refractivity contribution in [1.29, 1.82) is 0 Å². The summed E-state index contributed by atoms with van der Waals surface area (Å²) >= 11 is 12.5. The van der Waals surface area contributed by atoms with Gasteiger partial charge in [0.2, 0.25) is 5.95 Å². The van der Waals surface area contributed by atoms with Gasteiger partial charge in [-0.1, -0.05) is 29.3 Å². The first-order chi connectivity index (χ1) is 19.1. The molecule has 1 aromatic heterocycles. The fourth-order valence-corrected chi connectivity index (χ4v) is 7.19. The summed E-state index contributed by atoms with van der Waals surface area (Å²) < 4.78 is 14.2. The van der Waals surface area contributed by atoms with Gasteiger partial charge >= 0.3 is 5.97 Å². The number of aliphatic carboxylic acids is 1. The normalized spacial score (nSPS) is 26.3. The number of carboxylic acids is 1. The summed E-state index contributed by atoms with van der Waals surface area (Å²) in [5, 5.41) is 14.7. The highest BCUT2D eigenvalue weighted by Crippen LogP contribution is 2.45. The molecule has 3 aromatic rings. The number of nitrogens with one attached hydrogen (secondary N) is 1. The molecule has 0 amide bonds. The van der Waals surface area contributed by atoms with Gasteiger partial charge in [0, 0.05) is 41.1 Å². The zero-order valence-electron chi connectivity index (χ0n) is 22.7. The zero-order valence-corrected chi connectivity index (χ0v) is 24.2. The Bertz CT molecular complexity index is 1440. The number of carbonyl (C=O) groups is 1. The molecule has 40 heavy (non-hydrogen) atoms. The number of halogens is 3. The summed E-state index contributed by atoms with van der Waals surface area (Å²) in [6, 6.07) is 10.2. The van der Waals surface area contributed by atoms with Crippen LogP contribution in [0.1, 0.15) is 51.1 Å². The average molecular weight is 587 g/mol. The summed E-state index contributed by atoms with van der Waals surface area (Å²) in [6.45, 7) is 7.69. The van der Waals surface area contributed by atoms with Crippen LogP contribution in [0.3, 0.4) is 0 Å². The van der Waals surface area contributed by atoms with Crippen molar-refractivity contribution in [3.05, 3.63) is 57.8 Å². The molecule has 0 bridgehead atoms. The van der Waals surface area contributed by atoms with E-state index in [2.05, 4.69) is 15.1 Å². The Kier molecular flexibility index (Phi) is 7.30. The summed E-state index contributed by atoms with van der Waals surface area (Å²) in [4.78, 5) is 25.9. The van der Waals surface area contributed by atoms with Crippen molar-refractivity contribution in [3.8, 4) is 0 Å². The Morgan fingerprint density at radius 2 is 1.90 bits per heavy atom. The van der Waals surface area contributed by atoms with Crippen LogP contribution in [-0.4, -0.2) is 58.2 Å². The number of rotatable bonds is 7. The van der Waals surface area contributed by atoms with Gasteiger partial charge in [0.1, 0.15) is 11.6 Å². The van der Waals surface area contributed by atoms with Crippen LogP contribution < -0.4 is 10.2 Å². The van der Waals surface area contributed by atoms with E-state index in [1.165, 1.54) is 18.6 Å². The molecule has 6 rings (SSSR count). The third-order valence-corrected chi connectivity index (χ3v) is 9.74. The summed E-state index contributed by atoms with van der Waals surface area (Å²) in [7, 11) is 0. The Labute approximate surface area is 243 Å². The lowest BCUT2D eigenvalue weighted by Crippen LogP contribution is -2.58. The molecule has 1 saturated carbocycles. The molecular formula is C30H34Cl2FN5O2. The predicted molar refractivity (Wildman–Crippen MR) is 157 cm³/mol. The topological polar surface area (TPSA) is 81.6 Å². The van der Waals surface area contributed by atoms with Crippen LogP contribution in [0.5, 0.6) is 0 Å². The number of likely N-dealkylation sites (tertiary alicyclic amines) is 1. The molecule has 3 heterocycles. The highest BCUT2D eigenvalue weighted by atomic mass is 35.5. The second kappa shape index (κ2) is 10.6. The Hall–Kier alpha value is -2.68. The molecule has 0 spiro atoms. The van der Waals surface area contributed by atoms with Crippen LogP contribution in [-0.2, 0) is 4.79 Å². The van der Waals surface area contributed by atoms with E-state index in [0.29, 0.717) is 50.6 Å². The van der Waals surface area contributed by atoms with Crippen LogP contribution in [0.15, 0.2) is 36.4 Å². The van der Waals surface area contributed by atoms with Gasteiger partial charge in [-0.3, -0.25) is 4.79 Å². The number of anilines is 2. The average Bonchev–Trinajstić information content (AvgIpc) is 2.86. The van der Waals surface area contributed by atoms with Gasteiger partial charge in [-0.15, -0.1) is 0 Å². The maximum Gasteiger partial charge on any atom is 0.309 e. The second-order valence-electron chi connectivity index (χ2n) is 12.1. The number of hydrogen-bond acceptors (Lipinski definition) is 6. The number of aromatic nitrogens is 2. The van der Waals surface area contributed by atoms with E-state index in [1.54, 1.807) is 18.2 Å². The third kappa shape index (κ3) is 5.21. The van der Waals surface area contributed by atoms with Crippen molar-refractivity contribution >= 4 is 51.8 Å². The second-order valence-corrected chi connectivity index (χ2v) is 12.9. The molecule has 1 aliphatic carbocycles. The van der Waals surface area contributed by atoms with Gasteiger partial charge in [0.05, 0.1) is 17.0 Å². The number of benzene rings is 2. The minimum Gasteiger partial charge on any atom is -0.481 e. The van der Waals surface area contributed by atoms with E-state index in [0.717, 1.165) is 51.0 Å². The predicted octanol–water partition coefficient (Wildman–Crippen LogP) is 6.65. The largest absolute Gasteiger partial charge is 0.481 e. The molecule has 1 unspecified atom stereocenters. The van der Waals surface area contributed by atoms with Gasteiger partial charge in [-0.25, -0.2) is 9.37 Å². The lowest BCUT2D eigenvalue weighted by Gasteiger charge is -2.52. The van der Waals surface area contributed by atoms with Gasteiger partial charge in [-0.2, -0.15) is 4.98 Å². The quantitative estimate of drug-likeness (QED) is 0.321. The van der Waals surface area contributed by atoms with E-state index in [9.17, 15) is 14.3 Å². The van der Waals surface area contributed by atoms with E-state index >= 15 is 0 Å². The number of carboxylic acid groups (broad SMARTS) is 1. The van der Waals surface area contributed by atoms with E-state index in [4.69, 9.17) is 33.2 Å². The smallest absolute Gasteiger partial charge is 0.309 e. The zero-order chi connectivity index (χ0) is 28.2. The lowest BCUT2D eigenvalue weighted by atomic mass is 9.65. The minimum atomic E-state index is -0.676. The van der Waals surface area contributed by atoms with Crippen molar-refractivity contribution < 1.29 is 14.3 Å². The van der Waals surface area contributed by atoms with Gasteiger partial charge in [0.15, 0.2) is 0 Å². The molecule has 10 heteroatoms. The fraction of sp³-hybridized carbons (Fsp3) is 0.500. The number of nitrogens with zero attached hydrogens (tertiary/aromatic N) is 4. The van der Waals surface area contributed by atoms with Gasteiger partial charge in [-0.05, 0) is 93.8 Å². The van der Waals surface area contributed by atoms with Crippen LogP contribution in [0, 0.1) is 23.1 Å². The van der Waals surface area contributed by atoms with Crippen molar-refractivity contribution in [2.45, 2.75) is 51.6 Å². The molecule has 3 aliphatic rings. The summed E-state index contributed by atoms with van der Waals surface area (Å²) in [6.07, 6.45) is 3.83. The van der Waals surface area contributed by atoms with Crippen LogP contribution in [0.2, 0.25) is 10.0 Å². The molecule has 212 valence electrons. The number of fused-ring (bicyclic) bond motifs is 1. The van der Waals surface area contributed by atoms with Crippen LogP contribution in [0.4, 0.5) is 16.2 Å². The summed E-state index contributed by atoms with van der Waals surface area (Å²) in [5.41, 5.74) is 0.988. The SMILES string of the molecule is C[C@@H](Nc1nc(N2CC(C3CCCN(C4CC(C)(C(=O)O)C4)C3)C2)nc2ccc(F)cc12)c1ccc(Cl)cc1Cl. The molecule has 2 N–H and O–H groups in total. The first-order valence-corrected chi connectivity index (χ1v) is 14.8. The maximum absolute atomic E-state index is 14.2. The Morgan fingerprint density at radius 1 is 1.12 bits per heavy atom. The molecule has 2 aliphatic heterocycles. The Balaban J connectivity index is 1.15. The van der Waals surface area contributed by atoms with E-state index < -0.39 is 11.4 Å². The first-order valence-electron chi connectivity index (χ1n) is 14.0. The van der Waals surface area contributed by atoms with Crippen molar-refractivity contribution in [2.24, 2.45) is 17.3 Å². The van der Waals surface area contributed by atoms with Crippen molar-refractivity contribution in [2.75, 3.05) is 36.4 Å². The monoisotopic (exact) mass is 585 g/mol. The minimum absolute atomic E-state index is 0.189. The molecule has 7 nitrogen and oxygen atoms in total. The van der Waals surface area contributed by atoms with Crippen molar-refractivity contribution in [3.63, 3.8) is 0 Å². The highest BCUT2D eigenvalue weighted by Gasteiger charge is 2.49. The lowest BCUT2D eigenvalue weighted by molar-refractivity contribution is -0.158. The number of piperidine rings is 1. The maximum atomic E-state index is 14.2. The summed E-state index contributed by atoms with van der Waals surface area (Å²) in [5.74, 6) is 1.31. The first kappa shape index (κ1) is 27.5. The standard InChI is InChI=1S/C30H34Cl2FN5O2/c1-17(23-7-5-20(31)10-25(23)32)34-27-24-11-21(33)6-8-26(24)35-29(36-27)38-15-19(16-38)18-4-3-9-37(14-18)22-12-30(2,13-22)28(39)40/h5-8,10-11,17-19,22H,3-4,9,12-16H2,1-2H3,(H,39,40)(H,34,35,36)/t17-,18?,22?,30?/m1/s1. The van der Waals surface area contributed by atoms with Gasteiger partial charge < -0.3 is 20.2 Å². The molecule has 3 fully saturated rings. The van der Waals surface area contributed by atoms with Crippen LogP contribution >= 0.6 is 23.2 Å². The van der Waals surface area contributed by atoms with Gasteiger partial charge in [0.25, 0.3) is 0 Å². The highest BCUT2D eigenvalue weighted by molar-refractivity contribution is 6.35. The fourth-order valence-electron chi connectivity index (χ4n) is 6.62. The Morgan fingerprint density at radius 3 is 2.62 bits per heavy atom. The van der Waals surface area contributed by atoms with Crippen LogP contribution in [0.25, 0.3) is 10.9 Å². The van der Waals surface area contributed by atoms with E-state index in [1.807, 2.05) is 19.9 Å². The molecule has 2 saturated heterocycles. The third-order valence-electron chi connectivity index (χ3n) is 9.18. The molecular weight excluding hydrogens is 552 g/mol. The molecule has 2 aromatic carbocycles. The van der Waals surface area contributed by atoms with E-state index in [-0.39, 0.29) is 11.9 Å². The number of hydrogen-bond donors (Lipinski definition) is 2.